The van der Waals surface area contributed by atoms with Crippen molar-refractivity contribution in [3.05, 3.63) is 32.8 Å². The molecule has 1 nitrogen and oxygen atoms in total. The number of benzene rings is 1. The highest BCUT2D eigenvalue weighted by atomic mass is 79.9. The summed E-state index contributed by atoms with van der Waals surface area (Å²) in [6.07, 6.45) is 2.37. The predicted molar refractivity (Wildman–Crippen MR) is 84.4 cm³/mol. The second-order valence-electron chi connectivity index (χ2n) is 6.12. The molecule has 18 heavy (non-hydrogen) atoms. The lowest BCUT2D eigenvalue weighted by molar-refractivity contribution is 0.324. The van der Waals surface area contributed by atoms with Gasteiger partial charge in [-0.2, -0.15) is 0 Å². The number of rotatable bonds is 5. The molecule has 0 saturated heterocycles. The molecule has 1 aromatic carbocycles. The van der Waals surface area contributed by atoms with Crippen LogP contribution in [-0.4, -0.2) is 13.6 Å². The molecule has 1 N–H and O–H groups in total. The van der Waals surface area contributed by atoms with Crippen LogP contribution in [0.4, 0.5) is 0 Å². The molecule has 0 radical (unpaired) electrons. The fourth-order valence-electron chi connectivity index (χ4n) is 2.61. The lowest BCUT2D eigenvalue weighted by Gasteiger charge is -2.25. The molecular formula is C16H26BrN. The first kappa shape index (κ1) is 15.7. The van der Waals surface area contributed by atoms with E-state index in [1.54, 1.807) is 0 Å². The van der Waals surface area contributed by atoms with Gasteiger partial charge in [0.05, 0.1) is 0 Å². The molecule has 0 saturated carbocycles. The van der Waals surface area contributed by atoms with Gasteiger partial charge in [-0.05, 0) is 74.9 Å². The minimum Gasteiger partial charge on any atom is -0.319 e. The Bertz CT molecular complexity index is 422. The molecule has 0 unspecified atom stereocenters. The van der Waals surface area contributed by atoms with Crippen LogP contribution in [0.25, 0.3) is 0 Å². The molecular weight excluding hydrogens is 286 g/mol. The maximum Gasteiger partial charge on any atom is 0.0236 e. The van der Waals surface area contributed by atoms with Gasteiger partial charge >= 0.3 is 0 Å². The standard InChI is InChI=1S/C16H26BrN/c1-11-9-12(2)15(17)13(3)14(11)7-8-16(4,5)10-18-6/h9,18H,7-8,10H2,1-6H3. The van der Waals surface area contributed by atoms with Gasteiger partial charge in [-0.1, -0.05) is 35.8 Å². The summed E-state index contributed by atoms with van der Waals surface area (Å²) in [7, 11) is 2.03. The van der Waals surface area contributed by atoms with Crippen LogP contribution in [-0.2, 0) is 6.42 Å². The second-order valence-corrected chi connectivity index (χ2v) is 6.92. The third kappa shape index (κ3) is 3.83. The normalized spacial score (nSPS) is 11.9. The van der Waals surface area contributed by atoms with E-state index in [0.29, 0.717) is 5.41 Å². The van der Waals surface area contributed by atoms with Gasteiger partial charge in [-0.3, -0.25) is 0 Å². The Labute approximate surface area is 120 Å². The van der Waals surface area contributed by atoms with E-state index >= 15 is 0 Å². The number of halogens is 1. The summed E-state index contributed by atoms with van der Waals surface area (Å²) >= 11 is 3.70. The van der Waals surface area contributed by atoms with Crippen molar-refractivity contribution in [1.29, 1.82) is 0 Å². The van der Waals surface area contributed by atoms with Crippen LogP contribution in [0, 0.1) is 26.2 Å². The van der Waals surface area contributed by atoms with E-state index in [4.69, 9.17) is 0 Å². The first-order valence-corrected chi connectivity index (χ1v) is 7.47. The first-order valence-electron chi connectivity index (χ1n) is 6.68. The van der Waals surface area contributed by atoms with Crippen LogP contribution in [0.15, 0.2) is 10.5 Å². The van der Waals surface area contributed by atoms with Crippen molar-refractivity contribution in [3.8, 4) is 0 Å². The van der Waals surface area contributed by atoms with Gasteiger partial charge in [0, 0.05) is 4.47 Å². The minimum absolute atomic E-state index is 0.352. The molecule has 1 rings (SSSR count). The predicted octanol–water partition coefficient (Wildman–Crippen LogP) is 4.55. The second kappa shape index (κ2) is 6.21. The van der Waals surface area contributed by atoms with Crippen LogP contribution in [0.5, 0.6) is 0 Å². The molecule has 0 aliphatic carbocycles. The largest absolute Gasteiger partial charge is 0.319 e. The van der Waals surface area contributed by atoms with E-state index in [2.05, 4.69) is 61.9 Å². The van der Waals surface area contributed by atoms with E-state index < -0.39 is 0 Å². The van der Waals surface area contributed by atoms with Gasteiger partial charge in [0.15, 0.2) is 0 Å². The molecule has 0 aliphatic heterocycles. The molecule has 0 fully saturated rings. The van der Waals surface area contributed by atoms with Gasteiger partial charge in [0.1, 0.15) is 0 Å². The van der Waals surface area contributed by atoms with Crippen LogP contribution in [0.3, 0.4) is 0 Å². The van der Waals surface area contributed by atoms with E-state index in [9.17, 15) is 0 Å². The van der Waals surface area contributed by atoms with Crippen molar-refractivity contribution in [3.63, 3.8) is 0 Å². The molecule has 0 spiro atoms. The Balaban J connectivity index is 2.89. The Hall–Kier alpha value is -0.340. The molecule has 0 bridgehead atoms. The Morgan fingerprint density at radius 3 is 2.33 bits per heavy atom. The number of aryl methyl sites for hydroxylation is 2. The Morgan fingerprint density at radius 1 is 1.17 bits per heavy atom. The topological polar surface area (TPSA) is 12.0 Å². The number of hydrogen-bond acceptors (Lipinski definition) is 1. The van der Waals surface area contributed by atoms with Crippen LogP contribution in [0.2, 0.25) is 0 Å². The molecule has 0 heterocycles. The fourth-order valence-corrected chi connectivity index (χ4v) is 2.97. The highest BCUT2D eigenvalue weighted by Crippen LogP contribution is 2.30. The molecule has 2 heteroatoms. The third-order valence-corrected chi connectivity index (χ3v) is 4.96. The molecule has 0 amide bonds. The SMILES string of the molecule is CNCC(C)(C)CCc1c(C)cc(C)c(Br)c1C. The zero-order valence-electron chi connectivity index (χ0n) is 12.6. The van der Waals surface area contributed by atoms with Crippen molar-refractivity contribution in [1.82, 2.24) is 5.32 Å². The Kier molecular flexibility index (Phi) is 5.42. The summed E-state index contributed by atoms with van der Waals surface area (Å²) < 4.78 is 1.27. The van der Waals surface area contributed by atoms with Crippen LogP contribution in [0.1, 0.15) is 42.5 Å². The highest BCUT2D eigenvalue weighted by Gasteiger charge is 2.18. The van der Waals surface area contributed by atoms with E-state index in [0.717, 1.165) is 13.0 Å². The lowest BCUT2D eigenvalue weighted by atomic mass is 9.84. The van der Waals surface area contributed by atoms with Crippen LogP contribution >= 0.6 is 15.9 Å². The summed E-state index contributed by atoms with van der Waals surface area (Å²) in [5.74, 6) is 0. The zero-order valence-corrected chi connectivity index (χ0v) is 14.2. The molecule has 102 valence electrons. The molecule has 0 atom stereocenters. The van der Waals surface area contributed by atoms with Crippen molar-refractivity contribution < 1.29 is 0 Å². The smallest absolute Gasteiger partial charge is 0.0236 e. The molecule has 1 aromatic rings. The van der Waals surface area contributed by atoms with Gasteiger partial charge in [-0.25, -0.2) is 0 Å². The van der Waals surface area contributed by atoms with E-state index in [1.165, 1.54) is 33.1 Å². The number of nitrogens with one attached hydrogen (secondary N) is 1. The van der Waals surface area contributed by atoms with E-state index in [-0.39, 0.29) is 0 Å². The van der Waals surface area contributed by atoms with Gasteiger partial charge < -0.3 is 5.32 Å². The van der Waals surface area contributed by atoms with Crippen molar-refractivity contribution >= 4 is 15.9 Å². The Morgan fingerprint density at radius 2 is 1.78 bits per heavy atom. The van der Waals surface area contributed by atoms with Crippen LogP contribution < -0.4 is 5.32 Å². The van der Waals surface area contributed by atoms with Crippen molar-refractivity contribution in [2.45, 2.75) is 47.5 Å². The third-order valence-electron chi connectivity index (χ3n) is 3.74. The highest BCUT2D eigenvalue weighted by molar-refractivity contribution is 9.10. The van der Waals surface area contributed by atoms with Crippen molar-refractivity contribution in [2.75, 3.05) is 13.6 Å². The summed E-state index contributed by atoms with van der Waals surface area (Å²) in [6, 6.07) is 2.29. The fraction of sp³-hybridized carbons (Fsp3) is 0.625. The average Bonchev–Trinajstić information content (AvgIpc) is 2.25. The lowest BCUT2D eigenvalue weighted by Crippen LogP contribution is -2.27. The van der Waals surface area contributed by atoms with Gasteiger partial charge in [0.25, 0.3) is 0 Å². The summed E-state index contributed by atoms with van der Waals surface area (Å²) in [6.45, 7) is 12.4. The monoisotopic (exact) mass is 311 g/mol. The minimum atomic E-state index is 0.352. The molecule has 0 aromatic heterocycles. The zero-order chi connectivity index (χ0) is 13.9. The first-order chi connectivity index (χ1) is 8.28. The van der Waals surface area contributed by atoms with Gasteiger partial charge in [-0.15, -0.1) is 0 Å². The maximum atomic E-state index is 3.70. The average molecular weight is 312 g/mol. The maximum absolute atomic E-state index is 3.70. The molecule has 0 aliphatic rings. The van der Waals surface area contributed by atoms with E-state index in [1.807, 2.05) is 7.05 Å². The van der Waals surface area contributed by atoms with Gasteiger partial charge in [0.2, 0.25) is 0 Å². The summed E-state index contributed by atoms with van der Waals surface area (Å²) in [5.41, 5.74) is 6.03. The summed E-state index contributed by atoms with van der Waals surface area (Å²) in [5, 5.41) is 3.28. The van der Waals surface area contributed by atoms with Crippen molar-refractivity contribution in [2.24, 2.45) is 5.41 Å². The quantitative estimate of drug-likeness (QED) is 0.841. The summed E-state index contributed by atoms with van der Waals surface area (Å²) in [4.78, 5) is 0. The number of hydrogen-bond donors (Lipinski definition) is 1.